The molecule has 2 aliphatic rings. The van der Waals surface area contributed by atoms with E-state index >= 15 is 0 Å². The molecule has 2 amide bonds. The van der Waals surface area contributed by atoms with Crippen LogP contribution in [0.3, 0.4) is 0 Å². The van der Waals surface area contributed by atoms with Crippen molar-refractivity contribution in [2.45, 2.75) is 26.2 Å². The first kappa shape index (κ1) is 27.8. The zero-order valence-electron chi connectivity index (χ0n) is 22.7. The van der Waals surface area contributed by atoms with Crippen LogP contribution >= 0.6 is 15.9 Å². The average molecular weight is 627 g/mol. The number of halogens is 1. The maximum atomic E-state index is 13.3. The van der Waals surface area contributed by atoms with Gasteiger partial charge < -0.3 is 9.84 Å². The van der Waals surface area contributed by atoms with Gasteiger partial charge in [0.1, 0.15) is 5.75 Å². The summed E-state index contributed by atoms with van der Waals surface area (Å²) in [4.78, 5) is 58.2. The van der Waals surface area contributed by atoms with E-state index in [1.807, 2.05) is 6.07 Å². The number of imide groups is 1. The third kappa shape index (κ3) is 5.09. The Labute approximate surface area is 250 Å². The summed E-state index contributed by atoms with van der Waals surface area (Å²) in [5.41, 5.74) is 2.50. The quantitative estimate of drug-likeness (QED) is 0.151. The lowest BCUT2D eigenvalue weighted by Crippen LogP contribution is -2.30. The van der Waals surface area contributed by atoms with Gasteiger partial charge in [-0.15, -0.1) is 0 Å². The molecule has 1 saturated heterocycles. The molecule has 0 radical (unpaired) electrons. The number of carbonyl (C=O) groups excluding carboxylic acids is 4. The number of Topliss-reactive ketones (excluding diaryl/α,β-unsaturated/α-hetero) is 1. The molecule has 6 rings (SSSR count). The molecule has 2 heterocycles. The molecule has 212 valence electrons. The number of amides is 2. The first-order valence-electron chi connectivity index (χ1n) is 13.8. The minimum Gasteiger partial charge on any atom is -0.507 e. The van der Waals surface area contributed by atoms with Crippen molar-refractivity contribution in [2.75, 3.05) is 11.5 Å². The summed E-state index contributed by atoms with van der Waals surface area (Å²) in [6, 6.07) is 20.0. The lowest BCUT2D eigenvalue weighted by Gasteiger charge is -2.25. The van der Waals surface area contributed by atoms with Crippen LogP contribution in [0, 0.1) is 17.8 Å². The van der Waals surface area contributed by atoms with Gasteiger partial charge in [0.25, 0.3) is 0 Å². The summed E-state index contributed by atoms with van der Waals surface area (Å²) in [6.45, 7) is 1.58. The number of rotatable bonds is 6. The second kappa shape index (κ2) is 11.1. The summed E-state index contributed by atoms with van der Waals surface area (Å²) in [7, 11) is 0. The molecule has 1 aliphatic carbocycles. The smallest absolute Gasteiger partial charge is 0.339 e. The van der Waals surface area contributed by atoms with E-state index in [0.717, 1.165) is 23.7 Å². The van der Waals surface area contributed by atoms with Crippen molar-refractivity contribution in [3.8, 4) is 17.0 Å². The van der Waals surface area contributed by atoms with Crippen LogP contribution in [0.5, 0.6) is 5.75 Å². The summed E-state index contributed by atoms with van der Waals surface area (Å²) < 4.78 is 6.12. The van der Waals surface area contributed by atoms with Crippen LogP contribution in [0.2, 0.25) is 0 Å². The second-order valence-electron chi connectivity index (χ2n) is 10.9. The maximum absolute atomic E-state index is 13.3. The molecule has 1 aromatic heterocycles. The summed E-state index contributed by atoms with van der Waals surface area (Å²) in [6.07, 6.45) is 2.42. The highest BCUT2D eigenvalue weighted by Gasteiger charge is 2.49. The second-order valence-corrected chi connectivity index (χ2v) is 11.8. The number of phenolic OH excluding ortho intramolecular Hbond substituents is 1. The Hall–Kier alpha value is -4.37. The van der Waals surface area contributed by atoms with Crippen LogP contribution in [0.25, 0.3) is 22.2 Å². The third-order valence-electron chi connectivity index (χ3n) is 8.14. The number of ether oxygens (including phenoxy) is 1. The van der Waals surface area contributed by atoms with Gasteiger partial charge in [0, 0.05) is 15.4 Å². The Morgan fingerprint density at radius 2 is 1.69 bits per heavy atom. The Morgan fingerprint density at radius 3 is 2.45 bits per heavy atom. The van der Waals surface area contributed by atoms with Gasteiger partial charge in [0.2, 0.25) is 17.6 Å². The highest BCUT2D eigenvalue weighted by atomic mass is 79.9. The molecule has 0 spiro atoms. The molecule has 2 fully saturated rings. The molecule has 42 heavy (non-hydrogen) atoms. The molecule has 1 saturated carbocycles. The van der Waals surface area contributed by atoms with Gasteiger partial charge in [-0.2, -0.15) is 0 Å². The van der Waals surface area contributed by atoms with E-state index in [2.05, 4.69) is 22.9 Å². The van der Waals surface area contributed by atoms with Gasteiger partial charge in [-0.1, -0.05) is 47.1 Å². The fourth-order valence-electron chi connectivity index (χ4n) is 5.94. The Morgan fingerprint density at radius 1 is 0.952 bits per heavy atom. The van der Waals surface area contributed by atoms with Crippen LogP contribution < -0.4 is 4.90 Å². The topological polar surface area (TPSA) is 114 Å². The SMILES string of the molecule is CC1CCC2C(=O)N(c3ccc(-c4cc(C(=O)OCC(=O)c5ccccc5O)c5cc(Br)ccc5n4)cc3)C(=O)C2C1. The van der Waals surface area contributed by atoms with Crippen LogP contribution in [0.1, 0.15) is 46.9 Å². The van der Waals surface area contributed by atoms with E-state index < -0.39 is 18.4 Å². The third-order valence-corrected chi connectivity index (χ3v) is 8.63. The highest BCUT2D eigenvalue weighted by Crippen LogP contribution is 2.42. The van der Waals surface area contributed by atoms with Crippen molar-refractivity contribution in [1.82, 2.24) is 4.98 Å². The molecule has 9 heteroatoms. The van der Waals surface area contributed by atoms with Gasteiger partial charge in [-0.3, -0.25) is 19.3 Å². The number of phenols is 1. The number of aromatic nitrogens is 1. The molecule has 8 nitrogen and oxygen atoms in total. The molecule has 3 aromatic carbocycles. The molecule has 3 atom stereocenters. The molecular formula is C33H27BrN2O6. The largest absolute Gasteiger partial charge is 0.507 e. The minimum atomic E-state index is -0.716. The average Bonchev–Trinajstić information content (AvgIpc) is 3.23. The van der Waals surface area contributed by atoms with E-state index in [9.17, 15) is 24.3 Å². The van der Waals surface area contributed by atoms with Crippen LogP contribution in [-0.4, -0.2) is 40.3 Å². The number of hydrogen-bond donors (Lipinski definition) is 1. The Balaban J connectivity index is 1.28. The number of fused-ring (bicyclic) bond motifs is 2. The van der Waals surface area contributed by atoms with Crippen LogP contribution in [0.15, 0.2) is 77.3 Å². The fraction of sp³-hybridized carbons (Fsp3) is 0.242. The minimum absolute atomic E-state index is 0.0668. The lowest BCUT2D eigenvalue weighted by atomic mass is 9.76. The van der Waals surface area contributed by atoms with Gasteiger partial charge in [0.15, 0.2) is 6.61 Å². The lowest BCUT2D eigenvalue weighted by molar-refractivity contribution is -0.122. The molecule has 0 bridgehead atoms. The number of aromatic hydroxyl groups is 1. The van der Waals surface area contributed by atoms with Crippen molar-refractivity contribution < 1.29 is 29.0 Å². The Bertz CT molecular complexity index is 1750. The first-order chi connectivity index (χ1) is 20.2. The monoisotopic (exact) mass is 626 g/mol. The van der Waals surface area contributed by atoms with Crippen molar-refractivity contribution in [2.24, 2.45) is 17.8 Å². The van der Waals surface area contributed by atoms with Gasteiger partial charge in [0.05, 0.1) is 39.9 Å². The number of esters is 1. The van der Waals surface area contributed by atoms with E-state index in [-0.39, 0.29) is 40.5 Å². The normalized spacial score (nSPS) is 20.0. The molecule has 4 aromatic rings. The van der Waals surface area contributed by atoms with Gasteiger partial charge in [-0.25, -0.2) is 9.78 Å². The number of pyridine rings is 1. The van der Waals surface area contributed by atoms with E-state index in [4.69, 9.17) is 9.72 Å². The maximum Gasteiger partial charge on any atom is 0.339 e. The van der Waals surface area contributed by atoms with Crippen molar-refractivity contribution in [3.63, 3.8) is 0 Å². The first-order valence-corrected chi connectivity index (χ1v) is 14.6. The Kier molecular flexibility index (Phi) is 7.36. The summed E-state index contributed by atoms with van der Waals surface area (Å²) in [5.74, 6) is -1.79. The number of anilines is 1. The van der Waals surface area contributed by atoms with Crippen LogP contribution in [0.4, 0.5) is 5.69 Å². The number of carbonyl (C=O) groups is 4. The predicted octanol–water partition coefficient (Wildman–Crippen LogP) is 6.34. The zero-order chi connectivity index (χ0) is 29.5. The number of benzene rings is 3. The zero-order valence-corrected chi connectivity index (χ0v) is 24.3. The molecule has 3 unspecified atom stereocenters. The standard InChI is InChI=1S/C33H27BrN2O6/c1-18-6-12-22-25(14-18)32(40)36(31(22)39)21-10-7-19(8-11-21)28-16-26(24-15-20(34)9-13-27(24)35-28)33(41)42-17-30(38)23-4-2-3-5-29(23)37/h2-5,7-11,13,15-16,18,22,25,37H,6,12,14,17H2,1H3. The highest BCUT2D eigenvalue weighted by molar-refractivity contribution is 9.10. The van der Waals surface area contributed by atoms with Gasteiger partial charge in [-0.05, 0) is 73.7 Å². The van der Waals surface area contributed by atoms with Crippen molar-refractivity contribution in [3.05, 3.63) is 88.4 Å². The molecule has 1 aliphatic heterocycles. The van der Waals surface area contributed by atoms with Crippen molar-refractivity contribution in [1.29, 1.82) is 0 Å². The van der Waals surface area contributed by atoms with E-state index in [0.29, 0.717) is 33.8 Å². The number of ketones is 1. The number of para-hydroxylation sites is 1. The predicted molar refractivity (Wildman–Crippen MR) is 160 cm³/mol. The van der Waals surface area contributed by atoms with E-state index in [1.165, 1.54) is 17.0 Å². The number of nitrogens with zero attached hydrogens (tertiary/aromatic N) is 2. The van der Waals surface area contributed by atoms with Gasteiger partial charge >= 0.3 is 5.97 Å². The molecule has 1 N–H and O–H groups in total. The fourth-order valence-corrected chi connectivity index (χ4v) is 6.30. The summed E-state index contributed by atoms with van der Waals surface area (Å²) in [5, 5.41) is 10.5. The van der Waals surface area contributed by atoms with Crippen LogP contribution in [-0.2, 0) is 14.3 Å². The molecular weight excluding hydrogens is 600 g/mol. The van der Waals surface area contributed by atoms with Crippen molar-refractivity contribution >= 4 is 56.1 Å². The number of hydrogen-bond acceptors (Lipinski definition) is 7. The van der Waals surface area contributed by atoms with E-state index in [1.54, 1.807) is 54.6 Å². The summed E-state index contributed by atoms with van der Waals surface area (Å²) >= 11 is 3.43.